The van der Waals surface area contributed by atoms with Crippen LogP contribution < -0.4 is 15.4 Å². The number of carboxylic acids is 2. The molecule has 1 atom stereocenters. The van der Waals surface area contributed by atoms with Crippen molar-refractivity contribution in [1.82, 2.24) is 15.6 Å². The molecule has 0 saturated heterocycles. The maximum atomic E-state index is 11.5. The molecule has 1 rings (SSSR count). The Morgan fingerprint density at radius 3 is 2.52 bits per heavy atom. The van der Waals surface area contributed by atoms with Gasteiger partial charge in [0.15, 0.2) is 0 Å². The van der Waals surface area contributed by atoms with E-state index in [1.807, 2.05) is 0 Å². The maximum Gasteiger partial charge on any atom is 0.326 e. The number of ether oxygens (including phenoxy) is 1. The smallest absolute Gasteiger partial charge is 0.326 e. The van der Waals surface area contributed by atoms with Crippen LogP contribution in [-0.2, 0) is 16.1 Å². The lowest BCUT2D eigenvalue weighted by Gasteiger charge is -2.13. The normalized spacial score (nSPS) is 11.3. The summed E-state index contributed by atoms with van der Waals surface area (Å²) in [4.78, 5) is 36.7. The zero-order valence-electron chi connectivity index (χ0n) is 11.2. The minimum atomic E-state index is -1.49. The largest absolute Gasteiger partial charge is 0.481 e. The molecular formula is C12H15N3O6. The molecule has 0 fully saturated rings. The van der Waals surface area contributed by atoms with Crippen molar-refractivity contribution in [2.75, 3.05) is 7.11 Å². The zero-order chi connectivity index (χ0) is 15.8. The second-order valence-corrected chi connectivity index (χ2v) is 4.02. The van der Waals surface area contributed by atoms with Gasteiger partial charge in [-0.15, -0.1) is 0 Å². The molecule has 0 aliphatic heterocycles. The molecule has 21 heavy (non-hydrogen) atoms. The van der Waals surface area contributed by atoms with E-state index in [0.29, 0.717) is 11.4 Å². The molecule has 2 amide bonds. The van der Waals surface area contributed by atoms with E-state index in [1.54, 1.807) is 12.1 Å². The molecule has 1 unspecified atom stereocenters. The minimum Gasteiger partial charge on any atom is -0.481 e. The van der Waals surface area contributed by atoms with Crippen molar-refractivity contribution in [3.05, 3.63) is 23.9 Å². The van der Waals surface area contributed by atoms with Gasteiger partial charge in [0.05, 0.1) is 13.5 Å². The van der Waals surface area contributed by atoms with Crippen molar-refractivity contribution < 1.29 is 29.3 Å². The van der Waals surface area contributed by atoms with Crippen LogP contribution in [0.15, 0.2) is 18.3 Å². The highest BCUT2D eigenvalue weighted by Crippen LogP contribution is 2.06. The molecule has 0 aromatic carbocycles. The molecule has 9 nitrogen and oxygen atoms in total. The summed E-state index contributed by atoms with van der Waals surface area (Å²) in [6, 6.07) is 1.02. The lowest BCUT2D eigenvalue weighted by Crippen LogP contribution is -2.46. The fourth-order valence-electron chi connectivity index (χ4n) is 1.40. The molecule has 1 aromatic heterocycles. The molecule has 1 aromatic rings. The van der Waals surface area contributed by atoms with Gasteiger partial charge in [0.1, 0.15) is 6.04 Å². The van der Waals surface area contributed by atoms with E-state index in [-0.39, 0.29) is 6.54 Å². The summed E-state index contributed by atoms with van der Waals surface area (Å²) < 4.78 is 4.88. The van der Waals surface area contributed by atoms with Gasteiger partial charge < -0.3 is 25.6 Å². The number of aromatic nitrogens is 1. The van der Waals surface area contributed by atoms with Crippen LogP contribution in [0.1, 0.15) is 12.0 Å². The van der Waals surface area contributed by atoms with Crippen LogP contribution in [0.3, 0.4) is 0 Å². The average molecular weight is 297 g/mol. The van der Waals surface area contributed by atoms with Crippen molar-refractivity contribution >= 4 is 18.0 Å². The van der Waals surface area contributed by atoms with Crippen molar-refractivity contribution in [1.29, 1.82) is 0 Å². The van der Waals surface area contributed by atoms with Gasteiger partial charge in [-0.1, -0.05) is 6.07 Å². The van der Waals surface area contributed by atoms with Gasteiger partial charge in [-0.2, -0.15) is 0 Å². The lowest BCUT2D eigenvalue weighted by molar-refractivity contribution is -0.145. The van der Waals surface area contributed by atoms with Crippen LogP contribution in [0.25, 0.3) is 0 Å². The minimum absolute atomic E-state index is 0.113. The van der Waals surface area contributed by atoms with Gasteiger partial charge in [-0.05, 0) is 5.56 Å². The number of urea groups is 1. The van der Waals surface area contributed by atoms with E-state index in [9.17, 15) is 14.4 Å². The van der Waals surface area contributed by atoms with E-state index >= 15 is 0 Å². The Morgan fingerprint density at radius 1 is 1.33 bits per heavy atom. The van der Waals surface area contributed by atoms with Gasteiger partial charge in [0.25, 0.3) is 0 Å². The van der Waals surface area contributed by atoms with Crippen LogP contribution >= 0.6 is 0 Å². The summed E-state index contributed by atoms with van der Waals surface area (Å²) in [7, 11) is 1.47. The van der Waals surface area contributed by atoms with E-state index in [1.165, 1.54) is 13.3 Å². The van der Waals surface area contributed by atoms with E-state index in [0.717, 1.165) is 0 Å². The van der Waals surface area contributed by atoms with Gasteiger partial charge in [-0.3, -0.25) is 4.79 Å². The second-order valence-electron chi connectivity index (χ2n) is 4.02. The Labute approximate surface area is 119 Å². The first-order chi connectivity index (χ1) is 9.92. The summed E-state index contributed by atoms with van der Waals surface area (Å²) >= 11 is 0. The zero-order valence-corrected chi connectivity index (χ0v) is 11.2. The van der Waals surface area contributed by atoms with Crippen LogP contribution in [0.5, 0.6) is 5.88 Å². The third kappa shape index (κ3) is 5.76. The van der Waals surface area contributed by atoms with Gasteiger partial charge in [-0.25, -0.2) is 14.6 Å². The number of hydrogen-bond donors (Lipinski definition) is 4. The van der Waals surface area contributed by atoms with Gasteiger partial charge in [0, 0.05) is 18.8 Å². The number of nitrogens with zero attached hydrogens (tertiary/aromatic N) is 1. The van der Waals surface area contributed by atoms with Gasteiger partial charge >= 0.3 is 18.0 Å². The first-order valence-corrected chi connectivity index (χ1v) is 5.90. The molecule has 0 saturated carbocycles. The highest BCUT2D eigenvalue weighted by molar-refractivity contribution is 5.86. The van der Waals surface area contributed by atoms with Crippen molar-refractivity contribution in [2.24, 2.45) is 0 Å². The van der Waals surface area contributed by atoms with E-state index in [4.69, 9.17) is 14.9 Å². The number of pyridine rings is 1. The fraction of sp³-hybridized carbons (Fsp3) is 0.333. The number of aliphatic carboxylic acids is 2. The molecule has 0 spiro atoms. The number of rotatable bonds is 7. The summed E-state index contributed by atoms with van der Waals surface area (Å²) in [5, 5.41) is 21.8. The van der Waals surface area contributed by atoms with E-state index in [2.05, 4.69) is 15.6 Å². The Bertz CT molecular complexity index is 516. The highest BCUT2D eigenvalue weighted by Gasteiger charge is 2.22. The summed E-state index contributed by atoms with van der Waals surface area (Å²) in [5.41, 5.74) is 0.677. The first kappa shape index (κ1) is 16.2. The Morgan fingerprint density at radius 2 is 2.05 bits per heavy atom. The molecule has 0 aliphatic rings. The topological polar surface area (TPSA) is 138 Å². The number of carboxylic acid groups (broad SMARTS) is 2. The van der Waals surface area contributed by atoms with E-state index < -0.39 is 30.4 Å². The first-order valence-electron chi connectivity index (χ1n) is 5.90. The number of hydrogen-bond acceptors (Lipinski definition) is 5. The lowest BCUT2D eigenvalue weighted by atomic mass is 10.2. The van der Waals surface area contributed by atoms with Crippen LogP contribution in [0.2, 0.25) is 0 Å². The van der Waals surface area contributed by atoms with Crippen molar-refractivity contribution in [3.8, 4) is 5.88 Å². The monoisotopic (exact) mass is 297 g/mol. The highest BCUT2D eigenvalue weighted by atomic mass is 16.5. The number of carbonyl (C=O) groups excluding carboxylic acids is 1. The summed E-state index contributed by atoms with van der Waals surface area (Å²) in [6.45, 7) is 0.113. The number of methoxy groups -OCH3 is 1. The van der Waals surface area contributed by atoms with Crippen LogP contribution in [0, 0.1) is 0 Å². The SMILES string of the molecule is COc1ccc(CNC(=O)NC(CC(=O)O)C(=O)O)cn1. The van der Waals surface area contributed by atoms with Crippen LogP contribution in [0.4, 0.5) is 4.79 Å². The molecule has 1 heterocycles. The van der Waals surface area contributed by atoms with Crippen molar-refractivity contribution in [3.63, 3.8) is 0 Å². The molecule has 4 N–H and O–H groups in total. The predicted molar refractivity (Wildman–Crippen MR) is 69.8 cm³/mol. The van der Waals surface area contributed by atoms with Gasteiger partial charge in [0.2, 0.25) is 5.88 Å². The second kappa shape index (κ2) is 7.68. The molecule has 0 bridgehead atoms. The summed E-state index contributed by atoms with van der Waals surface area (Å²) in [6.07, 6.45) is 0.790. The Hall–Kier alpha value is -2.84. The number of carbonyl (C=O) groups is 3. The molecule has 9 heteroatoms. The molecule has 0 aliphatic carbocycles. The average Bonchev–Trinajstić information content (AvgIpc) is 2.44. The maximum absolute atomic E-state index is 11.5. The van der Waals surface area contributed by atoms with Crippen LogP contribution in [-0.4, -0.2) is 46.3 Å². The standard InChI is InChI=1S/C12H15N3O6/c1-21-9-3-2-7(5-13-9)6-14-12(20)15-8(11(18)19)4-10(16)17/h2-3,5,8H,4,6H2,1H3,(H,16,17)(H,18,19)(H2,14,15,20). The predicted octanol–water partition coefficient (Wildman–Crippen LogP) is -0.183. The molecular weight excluding hydrogens is 282 g/mol. The number of nitrogens with one attached hydrogen (secondary N) is 2. The fourth-order valence-corrected chi connectivity index (χ4v) is 1.40. The third-order valence-corrected chi connectivity index (χ3v) is 2.44. The molecule has 114 valence electrons. The molecule has 0 radical (unpaired) electrons. The Balaban J connectivity index is 2.48. The summed E-state index contributed by atoms with van der Waals surface area (Å²) in [5.74, 6) is -2.31. The Kier molecular flexibility index (Phi) is 5.93. The quantitative estimate of drug-likeness (QED) is 0.547. The number of amides is 2. The third-order valence-electron chi connectivity index (χ3n) is 2.44. The van der Waals surface area contributed by atoms with Crippen molar-refractivity contribution in [2.45, 2.75) is 19.0 Å².